The Morgan fingerprint density at radius 3 is 2.56 bits per heavy atom. The summed E-state index contributed by atoms with van der Waals surface area (Å²) in [6.07, 6.45) is 0. The van der Waals surface area contributed by atoms with E-state index < -0.39 is 0 Å². The van der Waals surface area contributed by atoms with Gasteiger partial charge in [-0.2, -0.15) is 0 Å². The van der Waals surface area contributed by atoms with Crippen molar-refractivity contribution in [2.75, 3.05) is 19.0 Å². The van der Waals surface area contributed by atoms with E-state index in [1.807, 2.05) is 45.9 Å². The molecule has 0 aliphatic carbocycles. The zero-order chi connectivity index (χ0) is 18.6. The van der Waals surface area contributed by atoms with E-state index in [4.69, 9.17) is 21.1 Å². The van der Waals surface area contributed by atoms with Gasteiger partial charge >= 0.3 is 0 Å². The average Bonchev–Trinajstić information content (AvgIpc) is 2.56. The number of ether oxygens (including phenoxy) is 2. The lowest BCUT2D eigenvalue weighted by atomic mass is 10.1. The van der Waals surface area contributed by atoms with Gasteiger partial charge in [0.25, 0.3) is 5.91 Å². The quantitative estimate of drug-likeness (QED) is 0.764. The molecule has 0 spiro atoms. The van der Waals surface area contributed by atoms with Crippen LogP contribution in [0.15, 0.2) is 30.3 Å². The van der Waals surface area contributed by atoms with Crippen molar-refractivity contribution in [2.24, 2.45) is 5.92 Å². The molecule has 0 saturated heterocycles. The first kappa shape index (κ1) is 19.1. The number of methoxy groups -OCH3 is 1. The summed E-state index contributed by atoms with van der Waals surface area (Å²) in [5.41, 5.74) is 3.27. The van der Waals surface area contributed by atoms with Crippen molar-refractivity contribution in [1.29, 1.82) is 0 Å². The van der Waals surface area contributed by atoms with E-state index in [1.54, 1.807) is 12.1 Å². The monoisotopic (exact) mass is 361 g/mol. The third-order valence-electron chi connectivity index (χ3n) is 3.69. The van der Waals surface area contributed by atoms with Gasteiger partial charge in [0, 0.05) is 11.3 Å². The molecule has 2 rings (SSSR count). The molecule has 1 amide bonds. The van der Waals surface area contributed by atoms with E-state index in [1.165, 1.54) is 7.11 Å². The fourth-order valence-corrected chi connectivity index (χ4v) is 2.57. The Morgan fingerprint density at radius 2 is 1.92 bits per heavy atom. The second-order valence-corrected chi connectivity index (χ2v) is 6.87. The van der Waals surface area contributed by atoms with Crippen molar-refractivity contribution >= 4 is 23.2 Å². The van der Waals surface area contributed by atoms with Crippen LogP contribution in [-0.2, 0) is 0 Å². The Kier molecular flexibility index (Phi) is 6.32. The smallest absolute Gasteiger partial charge is 0.255 e. The molecule has 0 aliphatic rings. The normalized spacial score (nSPS) is 10.7. The van der Waals surface area contributed by atoms with Crippen LogP contribution in [0.3, 0.4) is 0 Å². The van der Waals surface area contributed by atoms with Gasteiger partial charge in [0.15, 0.2) is 11.5 Å². The van der Waals surface area contributed by atoms with Crippen LogP contribution in [0.25, 0.3) is 0 Å². The number of anilines is 1. The van der Waals surface area contributed by atoms with Gasteiger partial charge in [-0.1, -0.05) is 37.6 Å². The first-order chi connectivity index (χ1) is 11.8. The lowest BCUT2D eigenvalue weighted by molar-refractivity contribution is 0.102. The van der Waals surface area contributed by atoms with Crippen LogP contribution < -0.4 is 14.8 Å². The van der Waals surface area contributed by atoms with Crippen LogP contribution in [0.1, 0.15) is 35.3 Å². The van der Waals surface area contributed by atoms with Crippen LogP contribution in [0.4, 0.5) is 5.69 Å². The third kappa shape index (κ3) is 4.89. The molecule has 134 valence electrons. The maximum absolute atomic E-state index is 12.6. The summed E-state index contributed by atoms with van der Waals surface area (Å²) in [7, 11) is 1.53. The van der Waals surface area contributed by atoms with Crippen molar-refractivity contribution in [3.8, 4) is 11.5 Å². The molecule has 4 nitrogen and oxygen atoms in total. The Labute approximate surface area is 154 Å². The lowest BCUT2D eigenvalue weighted by Crippen LogP contribution is -2.14. The number of nitrogens with one attached hydrogen (secondary N) is 1. The van der Waals surface area contributed by atoms with Gasteiger partial charge in [0.1, 0.15) is 0 Å². The molecule has 0 unspecified atom stereocenters. The number of rotatable bonds is 6. The molecule has 0 aliphatic heterocycles. The van der Waals surface area contributed by atoms with E-state index in [-0.39, 0.29) is 5.91 Å². The largest absolute Gasteiger partial charge is 0.493 e. The van der Waals surface area contributed by atoms with Crippen LogP contribution in [0, 0.1) is 19.8 Å². The molecule has 0 heterocycles. The minimum absolute atomic E-state index is 0.246. The maximum atomic E-state index is 12.6. The molecule has 2 aromatic rings. The highest BCUT2D eigenvalue weighted by Crippen LogP contribution is 2.37. The number of amides is 1. The zero-order valence-corrected chi connectivity index (χ0v) is 16.0. The van der Waals surface area contributed by atoms with Crippen LogP contribution in [-0.4, -0.2) is 19.6 Å². The van der Waals surface area contributed by atoms with Gasteiger partial charge in [-0.05, 0) is 49.1 Å². The van der Waals surface area contributed by atoms with Gasteiger partial charge in [-0.25, -0.2) is 0 Å². The predicted molar refractivity (Wildman–Crippen MR) is 102 cm³/mol. The Bertz CT molecular complexity index is 772. The minimum atomic E-state index is -0.246. The molecule has 25 heavy (non-hydrogen) atoms. The number of aryl methyl sites for hydroxylation is 2. The van der Waals surface area contributed by atoms with Crippen molar-refractivity contribution < 1.29 is 14.3 Å². The van der Waals surface area contributed by atoms with E-state index in [0.717, 1.165) is 16.8 Å². The summed E-state index contributed by atoms with van der Waals surface area (Å²) < 4.78 is 11.1. The molecule has 0 radical (unpaired) electrons. The van der Waals surface area contributed by atoms with Crippen molar-refractivity contribution in [3.05, 3.63) is 52.0 Å². The number of halogens is 1. The Balaban J connectivity index is 2.28. The average molecular weight is 362 g/mol. The molecule has 0 saturated carbocycles. The molecule has 0 atom stereocenters. The maximum Gasteiger partial charge on any atom is 0.255 e. The molecule has 5 heteroatoms. The number of carbonyl (C=O) groups is 1. The van der Waals surface area contributed by atoms with Crippen LogP contribution >= 0.6 is 11.6 Å². The molecule has 0 fully saturated rings. The Hall–Kier alpha value is -2.20. The van der Waals surface area contributed by atoms with Crippen molar-refractivity contribution in [3.63, 3.8) is 0 Å². The van der Waals surface area contributed by atoms with Crippen LogP contribution in [0.2, 0.25) is 5.02 Å². The number of carbonyl (C=O) groups excluding carboxylic acids is 1. The molecular weight excluding hydrogens is 338 g/mol. The topological polar surface area (TPSA) is 47.6 Å². The van der Waals surface area contributed by atoms with Crippen molar-refractivity contribution in [1.82, 2.24) is 0 Å². The molecule has 2 aromatic carbocycles. The van der Waals surface area contributed by atoms with Gasteiger partial charge in [0.2, 0.25) is 0 Å². The predicted octanol–water partition coefficient (Wildman–Crippen LogP) is 5.25. The van der Waals surface area contributed by atoms with E-state index in [2.05, 4.69) is 5.32 Å². The number of benzene rings is 2. The second kappa shape index (κ2) is 8.26. The first-order valence-electron chi connectivity index (χ1n) is 8.20. The SMILES string of the molecule is COc1cc(C(=O)Nc2cc(C)ccc2C)cc(Cl)c1OCC(C)C. The van der Waals surface area contributed by atoms with Gasteiger partial charge in [-0.3, -0.25) is 4.79 Å². The molecule has 1 N–H and O–H groups in total. The van der Waals surface area contributed by atoms with Gasteiger partial charge < -0.3 is 14.8 Å². The van der Waals surface area contributed by atoms with Crippen LogP contribution in [0.5, 0.6) is 11.5 Å². The molecule has 0 aromatic heterocycles. The van der Waals surface area contributed by atoms with Crippen molar-refractivity contribution in [2.45, 2.75) is 27.7 Å². The summed E-state index contributed by atoms with van der Waals surface area (Å²) >= 11 is 6.32. The fraction of sp³-hybridized carbons (Fsp3) is 0.350. The van der Waals surface area contributed by atoms with E-state index in [0.29, 0.717) is 34.6 Å². The Morgan fingerprint density at radius 1 is 1.20 bits per heavy atom. The standard InChI is InChI=1S/C20H24ClNO3/c1-12(2)11-25-19-16(21)9-15(10-18(19)24-5)20(23)22-17-8-13(3)6-7-14(17)4/h6-10,12H,11H2,1-5H3,(H,22,23). The zero-order valence-electron chi connectivity index (χ0n) is 15.3. The van der Waals surface area contributed by atoms with E-state index in [9.17, 15) is 4.79 Å². The fourth-order valence-electron chi connectivity index (χ4n) is 2.31. The van der Waals surface area contributed by atoms with Gasteiger partial charge in [-0.15, -0.1) is 0 Å². The summed E-state index contributed by atoms with van der Waals surface area (Å²) in [4.78, 5) is 12.6. The second-order valence-electron chi connectivity index (χ2n) is 6.47. The first-order valence-corrected chi connectivity index (χ1v) is 8.58. The highest BCUT2D eigenvalue weighted by atomic mass is 35.5. The van der Waals surface area contributed by atoms with E-state index >= 15 is 0 Å². The third-order valence-corrected chi connectivity index (χ3v) is 3.97. The summed E-state index contributed by atoms with van der Waals surface area (Å²) in [6, 6.07) is 9.15. The number of hydrogen-bond acceptors (Lipinski definition) is 3. The lowest BCUT2D eigenvalue weighted by Gasteiger charge is -2.16. The summed E-state index contributed by atoms with van der Waals surface area (Å²) in [6.45, 7) is 8.55. The minimum Gasteiger partial charge on any atom is -0.493 e. The summed E-state index contributed by atoms with van der Waals surface area (Å²) in [5, 5.41) is 3.27. The van der Waals surface area contributed by atoms with Gasteiger partial charge in [0.05, 0.1) is 18.7 Å². The summed E-state index contributed by atoms with van der Waals surface area (Å²) in [5.74, 6) is 1.01. The molecular formula is C20H24ClNO3. The molecule has 0 bridgehead atoms. The highest BCUT2D eigenvalue weighted by molar-refractivity contribution is 6.32. The number of hydrogen-bond donors (Lipinski definition) is 1. The highest BCUT2D eigenvalue weighted by Gasteiger charge is 2.17.